The Balaban J connectivity index is 1.44. The van der Waals surface area contributed by atoms with Crippen LogP contribution in [-0.4, -0.2) is 183 Å². The molecule has 2 aromatic carbocycles. The highest BCUT2D eigenvalue weighted by Crippen LogP contribution is 2.33. The first-order chi connectivity index (χ1) is 27.2. The molecule has 3 aliphatic rings. The number of carbonyl (C=O) groups is 1. The van der Waals surface area contributed by atoms with Crippen LogP contribution in [0.4, 0.5) is 0 Å². The third kappa shape index (κ3) is 10.5. The van der Waals surface area contributed by atoms with Crippen LogP contribution in [0.1, 0.15) is 18.1 Å². The molecule has 0 amide bonds. The smallest absolute Gasteiger partial charge is 0.331 e. The second-order valence-corrected chi connectivity index (χ2v) is 13.6. The lowest BCUT2D eigenvalue weighted by molar-refractivity contribution is -0.364. The molecule has 0 aliphatic carbocycles. The van der Waals surface area contributed by atoms with Gasteiger partial charge in [-0.3, -0.25) is 0 Å². The van der Waals surface area contributed by atoms with Gasteiger partial charge in [0.1, 0.15) is 61.0 Å². The highest BCUT2D eigenvalue weighted by molar-refractivity contribution is 5.87. The fraction of sp³-hybridized carbons (Fsp3) is 0.595. The minimum Gasteiger partial charge on any atom is -0.504 e. The highest BCUT2D eigenvalue weighted by Gasteiger charge is 2.53. The molecule has 0 aromatic heterocycles. The second kappa shape index (κ2) is 19.8. The van der Waals surface area contributed by atoms with Crippen molar-refractivity contribution in [2.45, 2.75) is 105 Å². The van der Waals surface area contributed by atoms with Crippen LogP contribution in [0.2, 0.25) is 0 Å². The summed E-state index contributed by atoms with van der Waals surface area (Å²) in [5.74, 6) is -0.938. The predicted molar refractivity (Wildman–Crippen MR) is 190 cm³/mol. The van der Waals surface area contributed by atoms with Crippen LogP contribution in [0.3, 0.4) is 0 Å². The van der Waals surface area contributed by atoms with Gasteiger partial charge >= 0.3 is 5.97 Å². The van der Waals surface area contributed by atoms with Gasteiger partial charge in [0.15, 0.2) is 48.0 Å². The molecule has 318 valence electrons. The Morgan fingerprint density at radius 1 is 0.702 bits per heavy atom. The molecule has 20 nitrogen and oxygen atoms in total. The molecule has 5 rings (SSSR count). The van der Waals surface area contributed by atoms with Crippen LogP contribution in [0.15, 0.2) is 42.5 Å². The lowest BCUT2D eigenvalue weighted by Gasteiger charge is -2.47. The standard InChI is InChI=1S/C37H50O20/c1-16-26(42)28(44)31(47)37(53-16)57-34-32(48)36(51-11-10-18-5-8-21(49-2)20(40)12-18)55-24(15-52-35-30(46)29(45)27(43)23(14-38)54-35)33(34)56-25(41)9-6-17-4-7-19(39)22(13-17)50-3/h4-9,12-13,16,23-24,26-40,42-48H,10-11,14-15H2,1-3H3. The largest absolute Gasteiger partial charge is 0.504 e. The van der Waals surface area contributed by atoms with E-state index >= 15 is 0 Å². The molecular formula is C37H50O20. The number of aromatic hydroxyl groups is 2. The van der Waals surface area contributed by atoms with E-state index in [2.05, 4.69) is 0 Å². The van der Waals surface area contributed by atoms with Crippen molar-refractivity contribution in [2.24, 2.45) is 0 Å². The van der Waals surface area contributed by atoms with Gasteiger partial charge in [0.25, 0.3) is 0 Å². The van der Waals surface area contributed by atoms with Crippen molar-refractivity contribution in [1.82, 2.24) is 0 Å². The van der Waals surface area contributed by atoms with E-state index in [9.17, 15) is 55.9 Å². The fourth-order valence-corrected chi connectivity index (χ4v) is 6.46. The fourth-order valence-electron chi connectivity index (χ4n) is 6.46. The zero-order valence-electron chi connectivity index (χ0n) is 31.2. The molecule has 57 heavy (non-hydrogen) atoms. The van der Waals surface area contributed by atoms with E-state index in [0.717, 1.165) is 6.08 Å². The molecule has 15 unspecified atom stereocenters. The number of methoxy groups -OCH3 is 2. The lowest BCUT2D eigenvalue weighted by Crippen LogP contribution is -2.65. The number of phenols is 2. The van der Waals surface area contributed by atoms with Crippen LogP contribution >= 0.6 is 0 Å². The number of ether oxygens (including phenoxy) is 9. The van der Waals surface area contributed by atoms with Crippen LogP contribution < -0.4 is 9.47 Å². The summed E-state index contributed by atoms with van der Waals surface area (Å²) < 4.78 is 50.8. The first-order valence-electron chi connectivity index (χ1n) is 18.0. The number of rotatable bonds is 15. The van der Waals surface area contributed by atoms with Gasteiger partial charge in [-0.05, 0) is 54.8 Å². The number of carbonyl (C=O) groups excluding carboxylic acids is 1. The SMILES string of the molecule is COc1ccc(CCOC2OC(COC3OC(CO)C(O)C(O)C3O)C(OC(=O)C=Cc3ccc(O)c(OC)c3)C(OC3OC(C)C(O)C(O)C3O)C2O)cc1O. The summed E-state index contributed by atoms with van der Waals surface area (Å²) in [6.07, 6.45) is -22.0. The number of aliphatic hydroxyl groups is 8. The quantitative estimate of drug-likeness (QED) is 0.0652. The Kier molecular flexibility index (Phi) is 15.4. The predicted octanol–water partition coefficient (Wildman–Crippen LogP) is -2.59. The molecule has 3 aliphatic heterocycles. The number of benzene rings is 2. The van der Waals surface area contributed by atoms with E-state index in [-0.39, 0.29) is 36.0 Å². The molecule has 0 saturated carbocycles. The summed E-state index contributed by atoms with van der Waals surface area (Å²) >= 11 is 0. The highest BCUT2D eigenvalue weighted by atomic mass is 16.8. The molecule has 3 heterocycles. The maximum Gasteiger partial charge on any atom is 0.331 e. The van der Waals surface area contributed by atoms with Crippen molar-refractivity contribution in [3.63, 3.8) is 0 Å². The number of hydrogen-bond acceptors (Lipinski definition) is 20. The first kappa shape index (κ1) is 44.4. The third-order valence-electron chi connectivity index (χ3n) is 9.77. The molecule has 0 radical (unpaired) electrons. The molecule has 15 atom stereocenters. The van der Waals surface area contributed by atoms with Crippen molar-refractivity contribution >= 4 is 12.0 Å². The summed E-state index contributed by atoms with van der Waals surface area (Å²) in [4.78, 5) is 13.4. The Labute approximate surface area is 326 Å². The Hall–Kier alpha value is -3.71. The number of esters is 1. The zero-order chi connectivity index (χ0) is 41.6. The van der Waals surface area contributed by atoms with E-state index in [1.54, 1.807) is 12.1 Å². The molecular weight excluding hydrogens is 764 g/mol. The summed E-state index contributed by atoms with van der Waals surface area (Å²) in [6.45, 7) is -0.132. The van der Waals surface area contributed by atoms with Gasteiger partial charge < -0.3 is 93.7 Å². The van der Waals surface area contributed by atoms with Crippen molar-refractivity contribution in [3.8, 4) is 23.0 Å². The van der Waals surface area contributed by atoms with E-state index in [0.29, 0.717) is 11.1 Å². The number of phenolic OH excluding ortho intramolecular Hbond substituents is 2. The summed E-state index contributed by atoms with van der Waals surface area (Å²) in [5, 5.41) is 104. The maximum atomic E-state index is 13.4. The monoisotopic (exact) mass is 814 g/mol. The van der Waals surface area contributed by atoms with Crippen LogP contribution in [-0.2, 0) is 44.4 Å². The van der Waals surface area contributed by atoms with Gasteiger partial charge in [-0.1, -0.05) is 12.1 Å². The number of hydrogen-bond donors (Lipinski definition) is 10. The molecule has 2 aromatic rings. The van der Waals surface area contributed by atoms with Crippen molar-refractivity contribution in [2.75, 3.05) is 34.0 Å². The Bertz CT molecular complexity index is 1640. The average Bonchev–Trinajstić information content (AvgIpc) is 3.20. The van der Waals surface area contributed by atoms with Gasteiger partial charge in [-0.25, -0.2) is 4.79 Å². The molecule has 0 bridgehead atoms. The van der Waals surface area contributed by atoms with Gasteiger partial charge in [-0.2, -0.15) is 0 Å². The van der Waals surface area contributed by atoms with E-state index in [1.165, 1.54) is 51.5 Å². The summed E-state index contributed by atoms with van der Waals surface area (Å²) in [7, 11) is 2.73. The van der Waals surface area contributed by atoms with Crippen LogP contribution in [0.5, 0.6) is 23.0 Å². The second-order valence-electron chi connectivity index (χ2n) is 13.6. The average molecular weight is 815 g/mol. The minimum absolute atomic E-state index is 0.121. The van der Waals surface area contributed by atoms with Gasteiger partial charge in [-0.15, -0.1) is 0 Å². The van der Waals surface area contributed by atoms with Crippen LogP contribution in [0.25, 0.3) is 6.08 Å². The topological polar surface area (TPSA) is 302 Å². The third-order valence-corrected chi connectivity index (χ3v) is 9.77. The van der Waals surface area contributed by atoms with Crippen molar-refractivity contribution < 1.29 is 98.5 Å². The molecule has 3 fully saturated rings. The summed E-state index contributed by atoms with van der Waals surface area (Å²) in [6, 6.07) is 8.92. The van der Waals surface area contributed by atoms with Gasteiger partial charge in [0.05, 0.1) is 40.1 Å². The maximum absolute atomic E-state index is 13.4. The molecule has 0 spiro atoms. The van der Waals surface area contributed by atoms with Crippen molar-refractivity contribution in [1.29, 1.82) is 0 Å². The lowest BCUT2D eigenvalue weighted by atomic mass is 9.96. The zero-order valence-corrected chi connectivity index (χ0v) is 31.2. The van der Waals surface area contributed by atoms with E-state index in [4.69, 9.17) is 42.6 Å². The van der Waals surface area contributed by atoms with Gasteiger partial charge in [0, 0.05) is 6.08 Å². The molecule has 3 saturated heterocycles. The normalized spacial score (nSPS) is 35.9. The van der Waals surface area contributed by atoms with Gasteiger partial charge in [0.2, 0.25) is 0 Å². The Morgan fingerprint density at radius 2 is 1.37 bits per heavy atom. The van der Waals surface area contributed by atoms with E-state index < -0.39 is 111 Å². The Morgan fingerprint density at radius 3 is 2.05 bits per heavy atom. The van der Waals surface area contributed by atoms with Crippen LogP contribution in [0, 0.1) is 0 Å². The molecule has 20 heteroatoms. The first-order valence-corrected chi connectivity index (χ1v) is 18.0. The summed E-state index contributed by atoms with van der Waals surface area (Å²) in [5.41, 5.74) is 1.02. The minimum atomic E-state index is -1.86. The number of aliphatic hydroxyl groups excluding tert-OH is 8. The molecule has 10 N–H and O–H groups in total. The van der Waals surface area contributed by atoms with E-state index in [1.807, 2.05) is 0 Å². The van der Waals surface area contributed by atoms with Crippen molar-refractivity contribution in [3.05, 3.63) is 53.6 Å².